The molecule has 2 aromatic rings. The molecule has 4 heteroatoms. The van der Waals surface area contributed by atoms with Crippen molar-refractivity contribution in [1.82, 2.24) is 9.59 Å². The number of fused-ring (bicyclic) bond motifs is 1. The van der Waals surface area contributed by atoms with Gasteiger partial charge in [-0.2, -0.15) is 0 Å². The molecule has 2 N–H and O–H groups in total. The second-order valence-electron chi connectivity index (χ2n) is 4.59. The fourth-order valence-electron chi connectivity index (χ4n) is 2.44. The lowest BCUT2D eigenvalue weighted by Gasteiger charge is -2.10. The molecule has 88 valence electrons. The van der Waals surface area contributed by atoms with E-state index >= 15 is 0 Å². The summed E-state index contributed by atoms with van der Waals surface area (Å²) in [5.74, 6) is 0. The molecule has 0 saturated carbocycles. The van der Waals surface area contributed by atoms with Gasteiger partial charge in [0.25, 0.3) is 0 Å². The van der Waals surface area contributed by atoms with Crippen molar-refractivity contribution in [2.24, 2.45) is 5.73 Å². The molecular weight excluding hydrogens is 230 g/mol. The number of nitrogens with two attached hydrogens (primary N) is 1. The molecular formula is C13H15N3S. The zero-order valence-corrected chi connectivity index (χ0v) is 10.4. The van der Waals surface area contributed by atoms with E-state index < -0.39 is 0 Å². The van der Waals surface area contributed by atoms with Gasteiger partial charge in [-0.05, 0) is 53.9 Å². The molecule has 0 aliphatic heterocycles. The topological polar surface area (TPSA) is 51.8 Å². The van der Waals surface area contributed by atoms with Gasteiger partial charge in [0.05, 0.1) is 11.1 Å². The van der Waals surface area contributed by atoms with Gasteiger partial charge in [0.15, 0.2) is 0 Å². The Kier molecular flexibility index (Phi) is 2.91. The summed E-state index contributed by atoms with van der Waals surface area (Å²) in [5.41, 5.74) is 10.5. The lowest BCUT2D eigenvalue weighted by atomic mass is 10.0. The summed E-state index contributed by atoms with van der Waals surface area (Å²) in [6.45, 7) is 0. The lowest BCUT2D eigenvalue weighted by molar-refractivity contribution is 0.733. The summed E-state index contributed by atoms with van der Waals surface area (Å²) in [6, 6.07) is 6.80. The zero-order chi connectivity index (χ0) is 11.7. The Bertz CT molecular complexity index is 507. The minimum absolute atomic E-state index is 0.0226. The third-order valence-corrected chi connectivity index (χ3v) is 4.16. The molecule has 0 fully saturated rings. The van der Waals surface area contributed by atoms with Gasteiger partial charge in [0, 0.05) is 6.04 Å². The van der Waals surface area contributed by atoms with Crippen LogP contribution in [0.2, 0.25) is 0 Å². The van der Waals surface area contributed by atoms with Crippen LogP contribution in [0.3, 0.4) is 0 Å². The lowest BCUT2D eigenvalue weighted by Crippen LogP contribution is -2.12. The Morgan fingerprint density at radius 1 is 1.29 bits per heavy atom. The van der Waals surface area contributed by atoms with Gasteiger partial charge < -0.3 is 5.73 Å². The quantitative estimate of drug-likeness (QED) is 0.902. The number of hydrogen-bond donors (Lipinski definition) is 1. The van der Waals surface area contributed by atoms with E-state index in [2.05, 4.69) is 27.8 Å². The van der Waals surface area contributed by atoms with Crippen LogP contribution in [0.25, 0.3) is 0 Å². The summed E-state index contributed by atoms with van der Waals surface area (Å²) < 4.78 is 3.85. The highest BCUT2D eigenvalue weighted by Gasteiger charge is 2.13. The maximum atomic E-state index is 6.15. The van der Waals surface area contributed by atoms with Gasteiger partial charge in [-0.3, -0.25) is 0 Å². The molecule has 3 rings (SSSR count). The van der Waals surface area contributed by atoms with Crippen LogP contribution < -0.4 is 5.73 Å². The van der Waals surface area contributed by atoms with Crippen molar-refractivity contribution in [3.63, 3.8) is 0 Å². The van der Waals surface area contributed by atoms with Crippen molar-refractivity contribution < 1.29 is 0 Å². The number of aromatic nitrogens is 2. The number of nitrogens with zero attached hydrogens (tertiary/aromatic N) is 2. The number of rotatable bonds is 3. The zero-order valence-electron chi connectivity index (χ0n) is 9.60. The molecule has 0 spiro atoms. The van der Waals surface area contributed by atoms with Crippen LogP contribution in [0.15, 0.2) is 24.4 Å². The van der Waals surface area contributed by atoms with Crippen molar-refractivity contribution in [2.45, 2.75) is 31.7 Å². The van der Waals surface area contributed by atoms with E-state index in [0.717, 1.165) is 11.3 Å². The van der Waals surface area contributed by atoms with Crippen LogP contribution in [0, 0.1) is 0 Å². The highest BCUT2D eigenvalue weighted by atomic mass is 32.1. The first-order valence-electron chi connectivity index (χ1n) is 5.96. The molecule has 17 heavy (non-hydrogen) atoms. The molecule has 1 aliphatic rings. The van der Waals surface area contributed by atoms with E-state index in [4.69, 9.17) is 5.73 Å². The van der Waals surface area contributed by atoms with Crippen molar-refractivity contribution in [3.8, 4) is 0 Å². The van der Waals surface area contributed by atoms with Crippen molar-refractivity contribution in [2.75, 3.05) is 0 Å². The summed E-state index contributed by atoms with van der Waals surface area (Å²) in [5, 5.41) is 3.83. The van der Waals surface area contributed by atoms with E-state index in [1.54, 1.807) is 6.20 Å². The molecule has 0 saturated heterocycles. The maximum absolute atomic E-state index is 6.15. The van der Waals surface area contributed by atoms with Crippen molar-refractivity contribution in [1.29, 1.82) is 0 Å². The molecule has 1 unspecified atom stereocenters. The maximum Gasteiger partial charge on any atom is 0.0669 e. The fraction of sp³-hybridized carbons (Fsp3) is 0.385. The number of benzene rings is 1. The number of hydrogen-bond acceptors (Lipinski definition) is 4. The van der Waals surface area contributed by atoms with Crippen molar-refractivity contribution >= 4 is 11.5 Å². The van der Waals surface area contributed by atoms with Gasteiger partial charge in [-0.15, -0.1) is 5.10 Å². The van der Waals surface area contributed by atoms with Crippen LogP contribution >= 0.6 is 11.5 Å². The molecule has 1 heterocycles. The molecule has 1 aromatic carbocycles. The van der Waals surface area contributed by atoms with Gasteiger partial charge in [0.1, 0.15) is 0 Å². The first kappa shape index (κ1) is 10.9. The molecule has 0 bridgehead atoms. The summed E-state index contributed by atoms with van der Waals surface area (Å²) in [6.07, 6.45) is 6.39. The molecule has 1 atom stereocenters. The van der Waals surface area contributed by atoms with Crippen LogP contribution in [0.4, 0.5) is 0 Å². The minimum Gasteiger partial charge on any atom is -0.323 e. The first-order chi connectivity index (χ1) is 8.33. The van der Waals surface area contributed by atoms with Crippen molar-refractivity contribution in [3.05, 3.63) is 46.0 Å². The standard InChI is InChI=1S/C13H15N3S/c14-12(13-8-15-16-17-13)7-9-4-5-10-2-1-3-11(10)6-9/h4-6,8,12H,1-3,7,14H2. The van der Waals surface area contributed by atoms with E-state index in [0.29, 0.717) is 0 Å². The normalized spacial score (nSPS) is 15.8. The third kappa shape index (κ3) is 2.23. The van der Waals surface area contributed by atoms with Crippen LogP contribution in [0.5, 0.6) is 0 Å². The Balaban J connectivity index is 1.77. The van der Waals surface area contributed by atoms with Gasteiger partial charge in [0.2, 0.25) is 0 Å². The van der Waals surface area contributed by atoms with E-state index in [1.165, 1.54) is 47.5 Å². The van der Waals surface area contributed by atoms with E-state index in [1.807, 2.05) is 0 Å². The molecule has 3 nitrogen and oxygen atoms in total. The smallest absolute Gasteiger partial charge is 0.0669 e. The van der Waals surface area contributed by atoms with Gasteiger partial charge >= 0.3 is 0 Å². The summed E-state index contributed by atoms with van der Waals surface area (Å²) in [7, 11) is 0. The third-order valence-electron chi connectivity index (χ3n) is 3.36. The Morgan fingerprint density at radius 3 is 3.00 bits per heavy atom. The Hall–Kier alpha value is -1.26. The Labute approximate surface area is 105 Å². The molecule has 1 aromatic heterocycles. The summed E-state index contributed by atoms with van der Waals surface area (Å²) in [4.78, 5) is 1.06. The molecule has 0 radical (unpaired) electrons. The van der Waals surface area contributed by atoms with Crippen LogP contribution in [-0.2, 0) is 19.3 Å². The van der Waals surface area contributed by atoms with E-state index in [-0.39, 0.29) is 6.04 Å². The van der Waals surface area contributed by atoms with Crippen LogP contribution in [-0.4, -0.2) is 9.59 Å². The monoisotopic (exact) mass is 245 g/mol. The fourth-order valence-corrected chi connectivity index (χ4v) is 2.95. The predicted molar refractivity (Wildman–Crippen MR) is 69.0 cm³/mol. The summed E-state index contributed by atoms with van der Waals surface area (Å²) >= 11 is 1.39. The molecule has 1 aliphatic carbocycles. The average Bonchev–Trinajstić information content (AvgIpc) is 2.99. The second-order valence-corrected chi connectivity index (χ2v) is 5.40. The highest BCUT2D eigenvalue weighted by Crippen LogP contribution is 2.25. The van der Waals surface area contributed by atoms with Gasteiger partial charge in [-0.1, -0.05) is 22.7 Å². The molecule has 0 amide bonds. The van der Waals surface area contributed by atoms with Gasteiger partial charge in [-0.25, -0.2) is 0 Å². The van der Waals surface area contributed by atoms with E-state index in [9.17, 15) is 0 Å². The Morgan fingerprint density at radius 2 is 2.18 bits per heavy atom. The number of aryl methyl sites for hydroxylation is 2. The minimum atomic E-state index is 0.0226. The second kappa shape index (κ2) is 4.55. The average molecular weight is 245 g/mol. The van der Waals surface area contributed by atoms with Crippen LogP contribution in [0.1, 0.15) is 34.0 Å². The largest absolute Gasteiger partial charge is 0.323 e. The predicted octanol–water partition coefficient (Wildman–Crippen LogP) is 2.27. The first-order valence-corrected chi connectivity index (χ1v) is 6.74. The highest BCUT2D eigenvalue weighted by molar-refractivity contribution is 7.05. The SMILES string of the molecule is NC(Cc1ccc2c(c1)CCC2)c1cnns1.